The van der Waals surface area contributed by atoms with Crippen LogP contribution in [-0.4, -0.2) is 46.6 Å². The van der Waals surface area contributed by atoms with Crippen LogP contribution >= 0.6 is 0 Å². The number of nitrogens with zero attached hydrogens (tertiary/aromatic N) is 1. The maximum absolute atomic E-state index is 12.8. The topological polar surface area (TPSA) is 46.6 Å². The highest BCUT2D eigenvalue weighted by Crippen LogP contribution is 2.14. The van der Waals surface area contributed by atoms with Crippen LogP contribution in [0.3, 0.4) is 0 Å². The van der Waals surface area contributed by atoms with Gasteiger partial charge in [0.25, 0.3) is 0 Å². The maximum Gasteiger partial charge on any atom is 0.238 e. The van der Waals surface area contributed by atoms with Gasteiger partial charge in [0.05, 0.1) is 24.0 Å². The molecule has 0 N–H and O–H groups in total. The molecule has 0 spiro atoms. The molecule has 0 aliphatic carbocycles. The summed E-state index contributed by atoms with van der Waals surface area (Å²) < 4.78 is 30.2. The molecule has 0 aromatic heterocycles. The first-order valence-electron chi connectivity index (χ1n) is 6.12. The van der Waals surface area contributed by atoms with Crippen molar-refractivity contribution in [1.82, 2.24) is 4.90 Å². The number of halogens is 1. The molecule has 0 bridgehead atoms. The van der Waals surface area contributed by atoms with Crippen LogP contribution in [-0.2, 0) is 20.3 Å². The van der Waals surface area contributed by atoms with E-state index in [1.165, 1.54) is 24.3 Å². The zero-order valence-electron chi connectivity index (χ0n) is 10.7. The summed E-state index contributed by atoms with van der Waals surface area (Å²) in [5.74, 6) is -0.529. The highest BCUT2D eigenvalue weighted by atomic mass is 32.2. The number of benzene rings is 1. The van der Waals surface area contributed by atoms with Gasteiger partial charge in [0.15, 0.2) is 0 Å². The summed E-state index contributed by atoms with van der Waals surface area (Å²) in [6.45, 7) is 3.73. The number of hydrogen-bond acceptors (Lipinski definition) is 3. The summed E-state index contributed by atoms with van der Waals surface area (Å²) in [7, 11) is -1.47. The van der Waals surface area contributed by atoms with Crippen LogP contribution < -0.4 is 0 Å². The number of amides is 1. The van der Waals surface area contributed by atoms with Crippen LogP contribution in [0.15, 0.2) is 29.2 Å². The van der Waals surface area contributed by atoms with Crippen molar-refractivity contribution in [3.05, 3.63) is 30.1 Å². The van der Waals surface area contributed by atoms with Gasteiger partial charge in [-0.2, -0.15) is 0 Å². The molecule has 2 atom stereocenters. The van der Waals surface area contributed by atoms with E-state index in [0.717, 1.165) is 0 Å². The quantitative estimate of drug-likeness (QED) is 0.838. The second kappa shape index (κ2) is 6.25. The highest BCUT2D eigenvalue weighted by molar-refractivity contribution is 7.86. The van der Waals surface area contributed by atoms with E-state index in [2.05, 4.69) is 0 Å². The van der Waals surface area contributed by atoms with Crippen LogP contribution in [0.4, 0.5) is 4.39 Å². The summed E-state index contributed by atoms with van der Waals surface area (Å²) in [6.07, 6.45) is 0. The molecule has 1 aliphatic heterocycles. The Balaban J connectivity index is 2.05. The Kier molecular flexibility index (Phi) is 4.66. The number of ether oxygens (including phenoxy) is 1. The van der Waals surface area contributed by atoms with Crippen molar-refractivity contribution in [1.29, 1.82) is 0 Å². The highest BCUT2D eigenvalue weighted by Gasteiger charge is 2.27. The predicted molar refractivity (Wildman–Crippen MR) is 69.7 cm³/mol. The Hall–Kier alpha value is -1.27. The van der Waals surface area contributed by atoms with E-state index >= 15 is 0 Å². The third-order valence-electron chi connectivity index (χ3n) is 3.04. The number of carbonyl (C=O) groups excluding carboxylic acids is 1. The molecule has 0 radical (unpaired) electrons. The Labute approximate surface area is 114 Å². The molecule has 1 saturated heterocycles. The minimum Gasteiger partial charge on any atom is -0.378 e. The largest absolute Gasteiger partial charge is 0.378 e. The molecule has 6 heteroatoms. The maximum atomic E-state index is 12.8. The van der Waals surface area contributed by atoms with Gasteiger partial charge in [0.2, 0.25) is 5.91 Å². The molecular formula is C13H16FNO3S. The van der Waals surface area contributed by atoms with Crippen LogP contribution in [0.5, 0.6) is 0 Å². The van der Waals surface area contributed by atoms with Crippen molar-refractivity contribution in [2.24, 2.45) is 0 Å². The van der Waals surface area contributed by atoms with Gasteiger partial charge in [0.1, 0.15) is 11.1 Å². The Morgan fingerprint density at radius 2 is 1.89 bits per heavy atom. The first kappa shape index (κ1) is 14.1. The molecule has 1 aromatic rings. The summed E-state index contributed by atoms with van der Waals surface area (Å²) >= 11 is 0. The first-order valence-corrected chi connectivity index (χ1v) is 7.33. The van der Waals surface area contributed by atoms with E-state index < -0.39 is 16.0 Å². The molecule has 1 amide bonds. The SMILES string of the molecule is CC(C(=O)N1CCOCC1)S(=O)c1ccc(F)cc1. The van der Waals surface area contributed by atoms with Crippen molar-refractivity contribution < 1.29 is 18.1 Å². The van der Waals surface area contributed by atoms with Crippen LogP contribution in [0.25, 0.3) is 0 Å². The van der Waals surface area contributed by atoms with Gasteiger partial charge in [-0.05, 0) is 31.2 Å². The second-order valence-electron chi connectivity index (χ2n) is 4.33. The van der Waals surface area contributed by atoms with Crippen molar-refractivity contribution >= 4 is 16.7 Å². The minimum absolute atomic E-state index is 0.147. The average Bonchev–Trinajstić information content (AvgIpc) is 2.46. The summed E-state index contributed by atoms with van der Waals surface area (Å²) in [5.41, 5.74) is 0. The Bertz CT molecular complexity index is 471. The van der Waals surface area contributed by atoms with Crippen LogP contribution in [0.1, 0.15) is 6.92 Å². The second-order valence-corrected chi connectivity index (χ2v) is 6.10. The minimum atomic E-state index is -1.47. The third kappa shape index (κ3) is 3.39. The normalized spacial score (nSPS) is 18.9. The molecule has 2 rings (SSSR count). The lowest BCUT2D eigenvalue weighted by Crippen LogP contribution is -2.45. The fraction of sp³-hybridized carbons (Fsp3) is 0.462. The summed E-state index contributed by atoms with van der Waals surface area (Å²) in [5, 5.41) is -0.636. The Morgan fingerprint density at radius 1 is 1.32 bits per heavy atom. The molecule has 1 fully saturated rings. The first-order chi connectivity index (χ1) is 9.09. The van der Waals surface area contributed by atoms with Crippen molar-refractivity contribution in [2.45, 2.75) is 17.1 Å². The average molecular weight is 285 g/mol. The van der Waals surface area contributed by atoms with E-state index in [-0.39, 0.29) is 11.7 Å². The standard InChI is InChI=1S/C13H16FNO3S/c1-10(13(16)15-6-8-18-9-7-15)19(17)12-4-2-11(14)3-5-12/h2-5,10H,6-9H2,1H3. The van der Waals surface area contributed by atoms with E-state index in [9.17, 15) is 13.4 Å². The van der Waals surface area contributed by atoms with Gasteiger partial charge < -0.3 is 9.64 Å². The fourth-order valence-electron chi connectivity index (χ4n) is 1.91. The van der Waals surface area contributed by atoms with Gasteiger partial charge in [-0.15, -0.1) is 0 Å². The third-order valence-corrected chi connectivity index (χ3v) is 4.62. The van der Waals surface area contributed by atoms with Crippen molar-refractivity contribution in [3.63, 3.8) is 0 Å². The number of hydrogen-bond donors (Lipinski definition) is 0. The lowest BCUT2D eigenvalue weighted by atomic mass is 10.3. The van der Waals surface area contributed by atoms with Gasteiger partial charge in [-0.3, -0.25) is 9.00 Å². The number of carbonyl (C=O) groups is 1. The van der Waals surface area contributed by atoms with Crippen LogP contribution in [0, 0.1) is 5.82 Å². The Morgan fingerprint density at radius 3 is 2.47 bits per heavy atom. The fourth-order valence-corrected chi connectivity index (χ4v) is 3.05. The lowest BCUT2D eigenvalue weighted by Gasteiger charge is -2.28. The van der Waals surface area contributed by atoms with E-state index in [0.29, 0.717) is 31.2 Å². The number of rotatable bonds is 3. The lowest BCUT2D eigenvalue weighted by molar-refractivity contribution is -0.134. The van der Waals surface area contributed by atoms with Crippen LogP contribution in [0.2, 0.25) is 0 Å². The van der Waals surface area contributed by atoms with Crippen molar-refractivity contribution in [3.8, 4) is 0 Å². The van der Waals surface area contributed by atoms with E-state index in [1.54, 1.807) is 11.8 Å². The van der Waals surface area contributed by atoms with Gasteiger partial charge in [-0.25, -0.2) is 4.39 Å². The number of morpholine rings is 1. The van der Waals surface area contributed by atoms with Crippen molar-refractivity contribution in [2.75, 3.05) is 26.3 Å². The van der Waals surface area contributed by atoms with Gasteiger partial charge in [0, 0.05) is 18.0 Å². The predicted octanol–water partition coefficient (Wildman–Crippen LogP) is 1.18. The molecule has 4 nitrogen and oxygen atoms in total. The molecule has 1 aromatic carbocycles. The van der Waals surface area contributed by atoms with Gasteiger partial charge in [-0.1, -0.05) is 0 Å². The smallest absolute Gasteiger partial charge is 0.238 e. The zero-order chi connectivity index (χ0) is 13.8. The van der Waals surface area contributed by atoms with E-state index in [4.69, 9.17) is 4.74 Å². The molecule has 104 valence electrons. The summed E-state index contributed by atoms with van der Waals surface area (Å²) in [4.78, 5) is 14.3. The zero-order valence-corrected chi connectivity index (χ0v) is 11.5. The summed E-state index contributed by atoms with van der Waals surface area (Å²) in [6, 6.07) is 5.40. The van der Waals surface area contributed by atoms with Gasteiger partial charge >= 0.3 is 0 Å². The molecule has 19 heavy (non-hydrogen) atoms. The monoisotopic (exact) mass is 285 g/mol. The molecule has 1 heterocycles. The molecule has 1 aliphatic rings. The molecular weight excluding hydrogens is 269 g/mol. The van der Waals surface area contributed by atoms with E-state index in [1.807, 2.05) is 0 Å². The molecule has 0 saturated carbocycles. The molecule has 2 unspecified atom stereocenters.